The molecule has 0 radical (unpaired) electrons. The number of alkyl halides is 2. The van der Waals surface area contributed by atoms with Gasteiger partial charge in [0.15, 0.2) is 0 Å². The lowest BCUT2D eigenvalue weighted by molar-refractivity contribution is 0.106. The average Bonchev–Trinajstić information content (AvgIpc) is 2.16. The van der Waals surface area contributed by atoms with E-state index in [2.05, 4.69) is 9.72 Å². The number of carbonyl (C=O) groups excluding carboxylic acids is 1. The number of pyridine rings is 1. The number of carbonyl (C=O) groups is 1. The second kappa shape index (κ2) is 4.72. The predicted octanol–water partition coefficient (Wildman–Crippen LogP) is 3.06. The quantitative estimate of drug-likeness (QED) is 0.616. The van der Waals surface area contributed by atoms with E-state index in [-0.39, 0.29) is 10.9 Å². The van der Waals surface area contributed by atoms with Crippen LogP contribution in [0.5, 0.6) is 5.75 Å². The van der Waals surface area contributed by atoms with E-state index in [1.165, 1.54) is 7.11 Å². The van der Waals surface area contributed by atoms with Gasteiger partial charge in [0.1, 0.15) is 10.9 Å². The summed E-state index contributed by atoms with van der Waals surface area (Å²) in [6.45, 7) is 0. The van der Waals surface area contributed by atoms with Gasteiger partial charge < -0.3 is 4.74 Å². The van der Waals surface area contributed by atoms with Crippen molar-refractivity contribution in [3.63, 3.8) is 0 Å². The topological polar surface area (TPSA) is 39.2 Å². The number of hydrogen-bond donors (Lipinski definition) is 0. The Morgan fingerprint density at radius 1 is 1.60 bits per heavy atom. The molecule has 0 aliphatic carbocycles. The molecule has 0 N–H and O–H groups in total. The zero-order valence-corrected chi connectivity index (χ0v) is 8.94. The Morgan fingerprint density at radius 2 is 2.20 bits per heavy atom. The van der Waals surface area contributed by atoms with E-state index in [1.54, 1.807) is 0 Å². The van der Waals surface area contributed by atoms with Crippen molar-refractivity contribution >= 4 is 28.4 Å². The standard InChI is InChI=1S/C8H5Cl2F2NO2/c1-15-3-2-13-6(9)5(7(10)14)4(3)8(11)12/h2,8H,1H3. The zero-order chi connectivity index (χ0) is 11.6. The second-order valence-corrected chi connectivity index (χ2v) is 3.18. The molecule has 82 valence electrons. The van der Waals surface area contributed by atoms with Gasteiger partial charge in [-0.3, -0.25) is 4.79 Å². The van der Waals surface area contributed by atoms with Gasteiger partial charge in [-0.25, -0.2) is 13.8 Å². The lowest BCUT2D eigenvalue weighted by Gasteiger charge is -2.11. The molecule has 3 nitrogen and oxygen atoms in total. The zero-order valence-electron chi connectivity index (χ0n) is 7.43. The molecule has 0 atom stereocenters. The predicted molar refractivity (Wildman–Crippen MR) is 50.9 cm³/mol. The lowest BCUT2D eigenvalue weighted by atomic mass is 10.1. The molecular weight excluding hydrogens is 251 g/mol. The molecule has 1 aromatic rings. The van der Waals surface area contributed by atoms with Gasteiger partial charge in [0.2, 0.25) is 0 Å². The molecule has 0 fully saturated rings. The summed E-state index contributed by atoms with van der Waals surface area (Å²) in [5.74, 6) is -0.224. The third-order valence-corrected chi connectivity index (χ3v) is 2.15. The number of halogens is 4. The molecule has 0 aromatic carbocycles. The largest absolute Gasteiger partial charge is 0.495 e. The van der Waals surface area contributed by atoms with Crippen molar-refractivity contribution in [3.05, 3.63) is 22.5 Å². The van der Waals surface area contributed by atoms with Gasteiger partial charge in [-0.05, 0) is 11.6 Å². The Hall–Kier alpha value is -0.940. The van der Waals surface area contributed by atoms with E-state index >= 15 is 0 Å². The van der Waals surface area contributed by atoms with Gasteiger partial charge in [0.25, 0.3) is 11.7 Å². The van der Waals surface area contributed by atoms with Crippen LogP contribution in [0.2, 0.25) is 5.15 Å². The molecule has 0 amide bonds. The van der Waals surface area contributed by atoms with Crippen LogP contribution in [0, 0.1) is 0 Å². The number of methoxy groups -OCH3 is 1. The van der Waals surface area contributed by atoms with Crippen molar-refractivity contribution in [3.8, 4) is 5.75 Å². The van der Waals surface area contributed by atoms with Gasteiger partial charge in [-0.2, -0.15) is 0 Å². The number of ether oxygens (including phenoxy) is 1. The Balaban J connectivity index is 3.51. The van der Waals surface area contributed by atoms with Crippen LogP contribution in [0.1, 0.15) is 22.3 Å². The molecule has 0 saturated carbocycles. The van der Waals surface area contributed by atoms with Gasteiger partial charge in [-0.1, -0.05) is 11.6 Å². The number of hydrogen-bond acceptors (Lipinski definition) is 3. The van der Waals surface area contributed by atoms with Gasteiger partial charge >= 0.3 is 0 Å². The van der Waals surface area contributed by atoms with E-state index < -0.39 is 22.8 Å². The van der Waals surface area contributed by atoms with E-state index in [0.29, 0.717) is 0 Å². The molecule has 1 aromatic heterocycles. The first-order chi connectivity index (χ1) is 6.99. The van der Waals surface area contributed by atoms with Crippen molar-refractivity contribution < 1.29 is 18.3 Å². The lowest BCUT2D eigenvalue weighted by Crippen LogP contribution is -2.04. The molecule has 1 heterocycles. The summed E-state index contributed by atoms with van der Waals surface area (Å²) in [5, 5.41) is -1.46. The third kappa shape index (κ3) is 2.35. The summed E-state index contributed by atoms with van der Waals surface area (Å²) in [7, 11) is 1.18. The van der Waals surface area contributed by atoms with E-state index in [9.17, 15) is 13.6 Å². The molecule has 0 saturated heterocycles. The summed E-state index contributed by atoms with van der Waals surface area (Å²) < 4.78 is 29.9. The van der Waals surface area contributed by atoms with Crippen molar-refractivity contribution in [1.29, 1.82) is 0 Å². The van der Waals surface area contributed by atoms with Gasteiger partial charge in [-0.15, -0.1) is 0 Å². The maximum atomic E-state index is 12.6. The summed E-state index contributed by atoms with van der Waals surface area (Å²) in [6.07, 6.45) is -1.91. The first kappa shape index (κ1) is 12.1. The maximum Gasteiger partial charge on any atom is 0.268 e. The van der Waals surface area contributed by atoms with Crippen molar-refractivity contribution in [2.45, 2.75) is 6.43 Å². The summed E-state index contributed by atoms with van der Waals surface area (Å²) in [6, 6.07) is 0. The van der Waals surface area contributed by atoms with Gasteiger partial charge in [0, 0.05) is 0 Å². The molecule has 0 bridgehead atoms. The van der Waals surface area contributed by atoms with Crippen LogP contribution in [0.3, 0.4) is 0 Å². The first-order valence-corrected chi connectivity index (χ1v) is 4.45. The molecular formula is C8H5Cl2F2NO2. The van der Waals surface area contributed by atoms with E-state index in [4.69, 9.17) is 23.2 Å². The number of nitrogens with zero attached hydrogens (tertiary/aromatic N) is 1. The van der Waals surface area contributed by atoms with Crippen LogP contribution in [0.4, 0.5) is 8.78 Å². The molecule has 7 heteroatoms. The van der Waals surface area contributed by atoms with Crippen LogP contribution in [0.25, 0.3) is 0 Å². The first-order valence-electron chi connectivity index (χ1n) is 3.69. The summed E-state index contributed by atoms with van der Waals surface area (Å²) in [5.41, 5.74) is -1.16. The minimum atomic E-state index is -2.92. The van der Waals surface area contributed by atoms with Crippen molar-refractivity contribution in [1.82, 2.24) is 4.98 Å². The second-order valence-electron chi connectivity index (χ2n) is 2.48. The fraction of sp³-hybridized carbons (Fsp3) is 0.250. The van der Waals surface area contributed by atoms with Crippen molar-refractivity contribution in [2.75, 3.05) is 7.11 Å². The summed E-state index contributed by atoms with van der Waals surface area (Å²) in [4.78, 5) is 14.4. The monoisotopic (exact) mass is 255 g/mol. The maximum absolute atomic E-state index is 12.6. The van der Waals surface area contributed by atoms with Crippen LogP contribution in [0.15, 0.2) is 6.20 Å². The van der Waals surface area contributed by atoms with Crippen LogP contribution < -0.4 is 4.74 Å². The van der Waals surface area contributed by atoms with Crippen LogP contribution >= 0.6 is 23.2 Å². The Morgan fingerprint density at radius 3 is 2.60 bits per heavy atom. The highest BCUT2D eigenvalue weighted by Crippen LogP contribution is 2.35. The normalized spacial score (nSPS) is 10.5. The fourth-order valence-corrected chi connectivity index (χ4v) is 1.53. The number of rotatable bonds is 3. The molecule has 0 aliphatic heterocycles. The highest BCUT2D eigenvalue weighted by atomic mass is 35.5. The molecule has 1 rings (SSSR count). The van der Waals surface area contributed by atoms with E-state index in [0.717, 1.165) is 6.20 Å². The average molecular weight is 256 g/mol. The minimum Gasteiger partial charge on any atom is -0.495 e. The molecule has 15 heavy (non-hydrogen) atoms. The highest BCUT2D eigenvalue weighted by molar-refractivity contribution is 6.68. The minimum absolute atomic E-state index is 0.224. The smallest absolute Gasteiger partial charge is 0.268 e. The van der Waals surface area contributed by atoms with Crippen LogP contribution in [-0.4, -0.2) is 17.3 Å². The van der Waals surface area contributed by atoms with Gasteiger partial charge in [0.05, 0.1) is 24.4 Å². The summed E-state index contributed by atoms with van der Waals surface area (Å²) >= 11 is 10.6. The number of aromatic nitrogens is 1. The highest BCUT2D eigenvalue weighted by Gasteiger charge is 2.25. The fourth-order valence-electron chi connectivity index (χ4n) is 1.05. The molecule has 0 spiro atoms. The van der Waals surface area contributed by atoms with E-state index in [1.807, 2.05) is 0 Å². The van der Waals surface area contributed by atoms with Crippen molar-refractivity contribution in [2.24, 2.45) is 0 Å². The van der Waals surface area contributed by atoms with Crippen LogP contribution in [-0.2, 0) is 0 Å². The Kier molecular flexibility index (Phi) is 3.82. The molecule has 0 aliphatic rings. The third-order valence-electron chi connectivity index (χ3n) is 1.67. The molecule has 0 unspecified atom stereocenters. The SMILES string of the molecule is COc1cnc(Cl)c(C(=O)Cl)c1C(F)F. The Labute approximate surface area is 94.0 Å². The Bertz CT molecular complexity index is 398.